The van der Waals surface area contributed by atoms with E-state index in [0.29, 0.717) is 6.10 Å². The van der Waals surface area contributed by atoms with Gasteiger partial charge < -0.3 is 9.84 Å². The van der Waals surface area contributed by atoms with E-state index in [-0.39, 0.29) is 0 Å². The third kappa shape index (κ3) is 3.00. The van der Waals surface area contributed by atoms with Crippen LogP contribution in [0.1, 0.15) is 42.2 Å². The fourth-order valence-electron chi connectivity index (χ4n) is 1.78. The highest BCUT2D eigenvalue weighted by molar-refractivity contribution is 7.11. The Morgan fingerprint density at radius 2 is 2.53 bits per heavy atom. The van der Waals surface area contributed by atoms with Gasteiger partial charge >= 0.3 is 0 Å². The third-order valence-electron chi connectivity index (χ3n) is 2.66. The Kier molecular flexibility index (Phi) is 3.72. The second-order valence-electron chi connectivity index (χ2n) is 4.03. The minimum atomic E-state index is -0.400. The van der Waals surface area contributed by atoms with Crippen molar-refractivity contribution in [3.8, 4) is 0 Å². The minimum absolute atomic E-state index is 0.340. The highest BCUT2D eigenvalue weighted by Gasteiger charge is 2.16. The summed E-state index contributed by atoms with van der Waals surface area (Å²) in [5, 5.41) is 10.5. The van der Waals surface area contributed by atoms with E-state index in [0.717, 1.165) is 29.3 Å². The molecule has 1 aliphatic rings. The Morgan fingerprint density at radius 3 is 3.13 bits per heavy atom. The summed E-state index contributed by atoms with van der Waals surface area (Å²) < 4.78 is 5.66. The van der Waals surface area contributed by atoms with E-state index < -0.39 is 6.10 Å². The van der Waals surface area contributed by atoms with Crippen molar-refractivity contribution in [1.82, 2.24) is 4.98 Å². The van der Waals surface area contributed by atoms with Gasteiger partial charge in [-0.2, -0.15) is 0 Å². The van der Waals surface area contributed by atoms with Crippen LogP contribution in [0.2, 0.25) is 0 Å². The number of nitrogens with zero attached hydrogens (tertiary/aromatic N) is 1. The molecular formula is C11H17NO2S. The maximum absolute atomic E-state index is 9.38. The monoisotopic (exact) mass is 227 g/mol. The minimum Gasteiger partial charge on any atom is -0.388 e. The SMILES string of the molecule is CC(O)c1cnc(CC2CCCCO2)s1. The molecule has 0 aliphatic carbocycles. The van der Waals surface area contributed by atoms with Crippen LogP contribution in [0.5, 0.6) is 0 Å². The lowest BCUT2D eigenvalue weighted by Crippen LogP contribution is -2.21. The fraction of sp³-hybridized carbons (Fsp3) is 0.727. The van der Waals surface area contributed by atoms with Crippen LogP contribution in [0.15, 0.2) is 6.20 Å². The Bertz CT molecular complexity index is 305. The number of hydrogen-bond acceptors (Lipinski definition) is 4. The summed E-state index contributed by atoms with van der Waals surface area (Å²) in [6, 6.07) is 0. The first-order valence-corrected chi connectivity index (χ1v) is 6.31. The summed E-state index contributed by atoms with van der Waals surface area (Å²) in [4.78, 5) is 5.26. The Morgan fingerprint density at radius 1 is 1.67 bits per heavy atom. The number of ether oxygens (including phenoxy) is 1. The van der Waals surface area contributed by atoms with Gasteiger partial charge in [-0.15, -0.1) is 11.3 Å². The quantitative estimate of drug-likeness (QED) is 0.861. The molecule has 4 heteroatoms. The molecule has 1 fully saturated rings. The number of thiazole rings is 1. The summed E-state index contributed by atoms with van der Waals surface area (Å²) >= 11 is 1.59. The molecule has 1 aromatic heterocycles. The molecule has 0 saturated carbocycles. The standard InChI is InChI=1S/C11H17NO2S/c1-8(13)10-7-12-11(15-10)6-9-4-2-3-5-14-9/h7-9,13H,2-6H2,1H3. The van der Waals surface area contributed by atoms with Crippen LogP contribution in [0.4, 0.5) is 0 Å². The molecule has 2 heterocycles. The average molecular weight is 227 g/mol. The number of aliphatic hydroxyl groups is 1. The molecule has 1 aromatic rings. The lowest BCUT2D eigenvalue weighted by molar-refractivity contribution is 0.0168. The van der Waals surface area contributed by atoms with Gasteiger partial charge in [0.15, 0.2) is 0 Å². The van der Waals surface area contributed by atoms with Crippen LogP contribution in [0.25, 0.3) is 0 Å². The Hall–Kier alpha value is -0.450. The molecule has 0 bridgehead atoms. The van der Waals surface area contributed by atoms with E-state index in [4.69, 9.17) is 4.74 Å². The van der Waals surface area contributed by atoms with Crippen LogP contribution in [-0.4, -0.2) is 22.8 Å². The van der Waals surface area contributed by atoms with Crippen LogP contribution >= 0.6 is 11.3 Å². The maximum atomic E-state index is 9.38. The molecule has 0 aromatic carbocycles. The molecule has 0 radical (unpaired) electrons. The topological polar surface area (TPSA) is 42.4 Å². The smallest absolute Gasteiger partial charge is 0.0954 e. The molecule has 84 valence electrons. The van der Waals surface area contributed by atoms with Crippen LogP contribution < -0.4 is 0 Å². The van der Waals surface area contributed by atoms with E-state index in [1.54, 1.807) is 24.5 Å². The Balaban J connectivity index is 1.91. The molecule has 3 nitrogen and oxygen atoms in total. The number of rotatable bonds is 3. The number of hydrogen-bond donors (Lipinski definition) is 1. The van der Waals surface area contributed by atoms with E-state index in [1.807, 2.05) is 0 Å². The summed E-state index contributed by atoms with van der Waals surface area (Å²) in [5.41, 5.74) is 0. The molecule has 1 aliphatic heterocycles. The number of aliphatic hydroxyl groups excluding tert-OH is 1. The summed E-state index contributed by atoms with van der Waals surface area (Å²) in [6.07, 6.45) is 6.21. The molecular weight excluding hydrogens is 210 g/mol. The summed E-state index contributed by atoms with van der Waals surface area (Å²) in [7, 11) is 0. The van der Waals surface area contributed by atoms with E-state index in [9.17, 15) is 5.11 Å². The Labute approximate surface area is 94.1 Å². The molecule has 0 amide bonds. The largest absolute Gasteiger partial charge is 0.388 e. The number of aromatic nitrogens is 1. The van der Waals surface area contributed by atoms with Crippen molar-refractivity contribution in [3.05, 3.63) is 16.1 Å². The van der Waals surface area contributed by atoms with Crippen LogP contribution in [-0.2, 0) is 11.2 Å². The van der Waals surface area contributed by atoms with Gasteiger partial charge in [0.1, 0.15) is 0 Å². The molecule has 0 spiro atoms. The van der Waals surface area contributed by atoms with Crippen molar-refractivity contribution in [3.63, 3.8) is 0 Å². The summed E-state index contributed by atoms with van der Waals surface area (Å²) in [5.74, 6) is 0. The van der Waals surface area contributed by atoms with E-state index in [1.165, 1.54) is 12.8 Å². The lowest BCUT2D eigenvalue weighted by atomic mass is 10.1. The van der Waals surface area contributed by atoms with Crippen molar-refractivity contribution in [2.24, 2.45) is 0 Å². The van der Waals surface area contributed by atoms with Crippen LogP contribution in [0.3, 0.4) is 0 Å². The first-order chi connectivity index (χ1) is 7.25. The molecule has 15 heavy (non-hydrogen) atoms. The van der Waals surface area contributed by atoms with Crippen molar-refractivity contribution in [2.75, 3.05) is 6.61 Å². The summed E-state index contributed by atoms with van der Waals surface area (Å²) in [6.45, 7) is 2.66. The van der Waals surface area contributed by atoms with Crippen molar-refractivity contribution >= 4 is 11.3 Å². The predicted molar refractivity (Wildman–Crippen MR) is 60.0 cm³/mol. The zero-order valence-electron chi connectivity index (χ0n) is 8.98. The molecule has 1 saturated heterocycles. The average Bonchev–Trinajstić information content (AvgIpc) is 2.68. The second kappa shape index (κ2) is 5.05. The lowest BCUT2D eigenvalue weighted by Gasteiger charge is -2.21. The van der Waals surface area contributed by atoms with Gasteiger partial charge in [0.05, 0.1) is 22.1 Å². The normalized spacial score (nSPS) is 24.0. The zero-order chi connectivity index (χ0) is 10.7. The van der Waals surface area contributed by atoms with Crippen molar-refractivity contribution < 1.29 is 9.84 Å². The van der Waals surface area contributed by atoms with Crippen molar-refractivity contribution in [2.45, 2.75) is 44.8 Å². The first-order valence-electron chi connectivity index (χ1n) is 5.50. The van der Waals surface area contributed by atoms with E-state index in [2.05, 4.69) is 4.98 Å². The second-order valence-corrected chi connectivity index (χ2v) is 5.17. The van der Waals surface area contributed by atoms with E-state index >= 15 is 0 Å². The molecule has 2 unspecified atom stereocenters. The van der Waals surface area contributed by atoms with Gasteiger partial charge in [-0.1, -0.05) is 0 Å². The van der Waals surface area contributed by atoms with Gasteiger partial charge in [-0.25, -0.2) is 4.98 Å². The maximum Gasteiger partial charge on any atom is 0.0954 e. The van der Waals surface area contributed by atoms with Gasteiger partial charge in [0, 0.05) is 19.2 Å². The van der Waals surface area contributed by atoms with Gasteiger partial charge in [0.2, 0.25) is 0 Å². The third-order valence-corrected chi connectivity index (χ3v) is 3.85. The predicted octanol–water partition coefficient (Wildman–Crippen LogP) is 2.31. The highest BCUT2D eigenvalue weighted by Crippen LogP contribution is 2.24. The van der Waals surface area contributed by atoms with Crippen LogP contribution in [0, 0.1) is 0 Å². The van der Waals surface area contributed by atoms with Gasteiger partial charge in [-0.3, -0.25) is 0 Å². The van der Waals surface area contributed by atoms with Crippen molar-refractivity contribution in [1.29, 1.82) is 0 Å². The van der Waals surface area contributed by atoms with Gasteiger partial charge in [0.25, 0.3) is 0 Å². The molecule has 2 atom stereocenters. The zero-order valence-corrected chi connectivity index (χ0v) is 9.80. The first kappa shape index (κ1) is 11.0. The fourth-order valence-corrected chi connectivity index (χ4v) is 2.70. The van der Waals surface area contributed by atoms with Gasteiger partial charge in [-0.05, 0) is 26.2 Å². The molecule has 2 rings (SSSR count). The highest BCUT2D eigenvalue weighted by atomic mass is 32.1. The molecule has 1 N–H and O–H groups in total.